The van der Waals surface area contributed by atoms with Gasteiger partial charge in [0.05, 0.1) is 32.7 Å². The minimum Gasteiger partial charge on any atom is -0.497 e. The highest BCUT2D eigenvalue weighted by Crippen LogP contribution is 2.20. The first-order chi connectivity index (χ1) is 11.7. The van der Waals surface area contributed by atoms with Gasteiger partial charge in [-0.15, -0.1) is 0 Å². The van der Waals surface area contributed by atoms with Gasteiger partial charge in [0, 0.05) is 11.8 Å². The third-order valence-corrected chi connectivity index (χ3v) is 3.77. The van der Waals surface area contributed by atoms with Gasteiger partial charge in [-0.1, -0.05) is 12.1 Å². The van der Waals surface area contributed by atoms with Crippen LogP contribution in [0.2, 0.25) is 0 Å². The lowest BCUT2D eigenvalue weighted by molar-refractivity contribution is 0.414. The lowest BCUT2D eigenvalue weighted by atomic mass is 10.1. The van der Waals surface area contributed by atoms with Crippen molar-refractivity contribution in [2.24, 2.45) is 0 Å². The van der Waals surface area contributed by atoms with Crippen LogP contribution < -0.4 is 15.0 Å². The first-order valence-corrected chi connectivity index (χ1v) is 7.53. The number of methoxy groups -OCH3 is 2. The van der Waals surface area contributed by atoms with Gasteiger partial charge in [-0.3, -0.25) is 4.79 Å². The van der Waals surface area contributed by atoms with Crippen LogP contribution in [0, 0.1) is 0 Å². The molecule has 1 heterocycles. The Morgan fingerprint density at radius 1 is 0.917 bits per heavy atom. The molecule has 2 aromatic carbocycles. The van der Waals surface area contributed by atoms with Gasteiger partial charge in [0.1, 0.15) is 11.5 Å². The summed E-state index contributed by atoms with van der Waals surface area (Å²) in [5.74, 6) is 1.57. The maximum atomic E-state index is 12.1. The summed E-state index contributed by atoms with van der Waals surface area (Å²) in [7, 11) is 3.26. The zero-order valence-electron chi connectivity index (χ0n) is 13.6. The van der Waals surface area contributed by atoms with Crippen molar-refractivity contribution in [2.75, 3.05) is 14.2 Å². The van der Waals surface area contributed by atoms with Crippen LogP contribution >= 0.6 is 0 Å². The summed E-state index contributed by atoms with van der Waals surface area (Å²) < 4.78 is 12.0. The Morgan fingerprint density at radius 2 is 1.50 bits per heavy atom. The number of rotatable bonds is 5. The molecule has 0 aliphatic rings. The van der Waals surface area contributed by atoms with Crippen LogP contribution in [0.4, 0.5) is 0 Å². The van der Waals surface area contributed by atoms with Gasteiger partial charge in [-0.25, -0.2) is 4.98 Å². The van der Waals surface area contributed by atoms with Crippen LogP contribution in [0.15, 0.2) is 65.7 Å². The SMILES string of the molecule is COc1ccc(Cn2cc(-c3ccc(OC)cc3)ncc2=O)cc1. The fourth-order valence-corrected chi connectivity index (χ4v) is 2.41. The molecule has 0 aliphatic heterocycles. The Balaban J connectivity index is 1.88. The van der Waals surface area contributed by atoms with Crippen molar-refractivity contribution in [2.45, 2.75) is 6.54 Å². The highest BCUT2D eigenvalue weighted by molar-refractivity contribution is 5.59. The van der Waals surface area contributed by atoms with E-state index in [1.165, 1.54) is 6.20 Å². The number of ether oxygens (including phenoxy) is 2. The zero-order valence-corrected chi connectivity index (χ0v) is 13.6. The number of hydrogen-bond donors (Lipinski definition) is 0. The van der Waals surface area contributed by atoms with Gasteiger partial charge < -0.3 is 14.0 Å². The van der Waals surface area contributed by atoms with Crippen molar-refractivity contribution >= 4 is 0 Å². The smallest absolute Gasteiger partial charge is 0.269 e. The molecule has 0 spiro atoms. The second-order valence-corrected chi connectivity index (χ2v) is 5.32. The molecule has 0 N–H and O–H groups in total. The molecular weight excluding hydrogens is 304 g/mol. The molecule has 24 heavy (non-hydrogen) atoms. The highest BCUT2D eigenvalue weighted by atomic mass is 16.5. The predicted molar refractivity (Wildman–Crippen MR) is 92.6 cm³/mol. The summed E-state index contributed by atoms with van der Waals surface area (Å²) in [5, 5.41) is 0. The lowest BCUT2D eigenvalue weighted by Gasteiger charge is -2.09. The Morgan fingerprint density at radius 3 is 2.08 bits per heavy atom. The van der Waals surface area contributed by atoms with Crippen LogP contribution in [-0.2, 0) is 6.54 Å². The summed E-state index contributed by atoms with van der Waals surface area (Å²) in [6, 6.07) is 15.2. The van der Waals surface area contributed by atoms with Gasteiger partial charge in [0.2, 0.25) is 0 Å². The Hall–Kier alpha value is -3.08. The number of hydrogen-bond acceptors (Lipinski definition) is 4. The van der Waals surface area contributed by atoms with E-state index < -0.39 is 0 Å². The van der Waals surface area contributed by atoms with E-state index in [9.17, 15) is 4.79 Å². The third-order valence-electron chi connectivity index (χ3n) is 3.77. The maximum Gasteiger partial charge on any atom is 0.269 e. The van der Waals surface area contributed by atoms with Gasteiger partial charge in [0.15, 0.2) is 0 Å². The Labute approximate surface area is 140 Å². The third kappa shape index (κ3) is 3.46. The van der Waals surface area contributed by atoms with Crippen molar-refractivity contribution < 1.29 is 9.47 Å². The molecule has 1 aromatic heterocycles. The molecule has 0 saturated heterocycles. The number of aromatic nitrogens is 2. The molecule has 5 heteroatoms. The van der Waals surface area contributed by atoms with E-state index in [0.717, 1.165) is 28.3 Å². The van der Waals surface area contributed by atoms with Gasteiger partial charge in [0.25, 0.3) is 5.56 Å². The van der Waals surface area contributed by atoms with Crippen molar-refractivity contribution in [3.05, 3.63) is 76.8 Å². The molecule has 0 aliphatic carbocycles. The monoisotopic (exact) mass is 322 g/mol. The average Bonchev–Trinajstić information content (AvgIpc) is 2.64. The summed E-state index contributed by atoms with van der Waals surface area (Å²) in [4.78, 5) is 16.3. The van der Waals surface area contributed by atoms with Crippen LogP contribution in [0.1, 0.15) is 5.56 Å². The Bertz CT molecular complexity index is 868. The van der Waals surface area contributed by atoms with Crippen molar-refractivity contribution in [3.63, 3.8) is 0 Å². The van der Waals surface area contributed by atoms with E-state index in [-0.39, 0.29) is 5.56 Å². The standard InChI is InChI=1S/C19H18N2O3/c1-23-16-7-3-14(4-8-16)12-21-13-18(20-11-19(21)22)15-5-9-17(24-2)10-6-15/h3-11,13H,12H2,1-2H3. The van der Waals surface area contributed by atoms with Crippen molar-refractivity contribution in [1.82, 2.24) is 9.55 Å². The average molecular weight is 322 g/mol. The molecule has 0 amide bonds. The van der Waals surface area contributed by atoms with Crippen molar-refractivity contribution in [1.29, 1.82) is 0 Å². The van der Waals surface area contributed by atoms with Crippen molar-refractivity contribution in [3.8, 4) is 22.8 Å². The van der Waals surface area contributed by atoms with E-state index >= 15 is 0 Å². The second-order valence-electron chi connectivity index (χ2n) is 5.32. The molecule has 0 atom stereocenters. The molecule has 0 unspecified atom stereocenters. The number of nitrogens with zero attached hydrogens (tertiary/aromatic N) is 2. The predicted octanol–water partition coefficient (Wildman–Crippen LogP) is 2.98. The molecule has 0 bridgehead atoms. The summed E-state index contributed by atoms with van der Waals surface area (Å²) >= 11 is 0. The molecule has 3 rings (SSSR count). The quantitative estimate of drug-likeness (QED) is 0.725. The number of benzene rings is 2. The van der Waals surface area contributed by atoms with Gasteiger partial charge in [-0.05, 0) is 42.0 Å². The van der Waals surface area contributed by atoms with Gasteiger partial charge >= 0.3 is 0 Å². The fraction of sp³-hybridized carbons (Fsp3) is 0.158. The molecule has 3 aromatic rings. The van der Waals surface area contributed by atoms with E-state index in [1.807, 2.05) is 48.5 Å². The molecular formula is C19H18N2O3. The normalized spacial score (nSPS) is 10.4. The maximum absolute atomic E-state index is 12.1. The highest BCUT2D eigenvalue weighted by Gasteiger charge is 2.05. The molecule has 122 valence electrons. The van der Waals surface area contributed by atoms with E-state index in [2.05, 4.69) is 4.98 Å². The van der Waals surface area contributed by atoms with E-state index in [0.29, 0.717) is 6.54 Å². The van der Waals surface area contributed by atoms with E-state index in [1.54, 1.807) is 25.0 Å². The molecule has 0 radical (unpaired) electrons. The second kappa shape index (κ2) is 7.00. The van der Waals surface area contributed by atoms with Crippen LogP contribution in [0.25, 0.3) is 11.3 Å². The minimum atomic E-state index is -0.136. The fourth-order valence-electron chi connectivity index (χ4n) is 2.41. The Kier molecular flexibility index (Phi) is 4.61. The summed E-state index contributed by atoms with van der Waals surface area (Å²) in [6.45, 7) is 0.481. The van der Waals surface area contributed by atoms with E-state index in [4.69, 9.17) is 9.47 Å². The zero-order chi connectivity index (χ0) is 16.9. The van der Waals surface area contributed by atoms with Gasteiger partial charge in [-0.2, -0.15) is 0 Å². The largest absolute Gasteiger partial charge is 0.497 e. The molecule has 0 saturated carbocycles. The summed E-state index contributed by atoms with van der Waals surface area (Å²) in [6.07, 6.45) is 3.12. The first kappa shape index (κ1) is 15.8. The lowest BCUT2D eigenvalue weighted by Crippen LogP contribution is -2.20. The van der Waals surface area contributed by atoms with Crippen LogP contribution in [-0.4, -0.2) is 23.8 Å². The molecule has 0 fully saturated rings. The summed E-state index contributed by atoms with van der Waals surface area (Å²) in [5.41, 5.74) is 2.55. The topological polar surface area (TPSA) is 53.4 Å². The first-order valence-electron chi connectivity index (χ1n) is 7.53. The van der Waals surface area contributed by atoms with Crippen LogP contribution in [0.3, 0.4) is 0 Å². The van der Waals surface area contributed by atoms with Crippen LogP contribution in [0.5, 0.6) is 11.5 Å². The minimum absolute atomic E-state index is 0.136. The molecule has 5 nitrogen and oxygen atoms in total.